The van der Waals surface area contributed by atoms with Crippen LogP contribution in [0.3, 0.4) is 0 Å². The van der Waals surface area contributed by atoms with E-state index in [9.17, 15) is 4.39 Å². The van der Waals surface area contributed by atoms with Crippen molar-refractivity contribution in [2.45, 2.75) is 6.61 Å². The second-order valence-electron chi connectivity index (χ2n) is 6.27. The lowest BCUT2D eigenvalue weighted by Gasteiger charge is -2.27. The second kappa shape index (κ2) is 7.67. The summed E-state index contributed by atoms with van der Waals surface area (Å²) in [5.74, 6) is 0.985. The summed E-state index contributed by atoms with van der Waals surface area (Å²) in [6.07, 6.45) is 0. The Hall–Kier alpha value is -3.07. The highest BCUT2D eigenvalue weighted by molar-refractivity contribution is 5.61. The maximum Gasteiger partial charge on any atom is 0.233 e. The third-order valence-corrected chi connectivity index (χ3v) is 4.48. The van der Waals surface area contributed by atoms with E-state index >= 15 is 0 Å². The molecule has 1 aliphatic rings. The predicted molar refractivity (Wildman–Crippen MR) is 97.8 cm³/mol. The van der Waals surface area contributed by atoms with Gasteiger partial charge in [-0.3, -0.25) is 0 Å². The molecule has 1 saturated heterocycles. The maximum absolute atomic E-state index is 13.2. The van der Waals surface area contributed by atoms with Crippen LogP contribution in [0, 0.1) is 5.82 Å². The topological polar surface area (TPSA) is 81.0 Å². The molecule has 27 heavy (non-hydrogen) atoms. The van der Waals surface area contributed by atoms with Gasteiger partial charge in [-0.05, 0) is 30.3 Å². The number of benzene rings is 1. The molecule has 8 nitrogen and oxygen atoms in total. The van der Waals surface area contributed by atoms with Gasteiger partial charge >= 0.3 is 0 Å². The monoisotopic (exact) mass is 369 g/mol. The Labute approximate surface area is 156 Å². The first-order chi connectivity index (χ1) is 13.2. The molecule has 140 valence electrons. The van der Waals surface area contributed by atoms with Gasteiger partial charge in [0.05, 0.1) is 0 Å². The zero-order chi connectivity index (χ0) is 18.6. The van der Waals surface area contributed by atoms with Crippen LogP contribution in [-0.4, -0.2) is 51.4 Å². The van der Waals surface area contributed by atoms with E-state index in [1.54, 1.807) is 23.9 Å². The van der Waals surface area contributed by atoms with Crippen molar-refractivity contribution in [1.29, 1.82) is 0 Å². The molecule has 9 heteroatoms. The lowest BCUT2D eigenvalue weighted by Crippen LogP contribution is -2.43. The highest BCUT2D eigenvalue weighted by Crippen LogP contribution is 2.22. The van der Waals surface area contributed by atoms with Crippen molar-refractivity contribution in [3.63, 3.8) is 0 Å². The molecular formula is C18H20FN7O. The highest BCUT2D eigenvalue weighted by atomic mass is 19.1. The van der Waals surface area contributed by atoms with Gasteiger partial charge in [0.15, 0.2) is 5.82 Å². The Kier molecular flexibility index (Phi) is 4.93. The van der Waals surface area contributed by atoms with E-state index in [1.165, 1.54) is 12.1 Å². The molecule has 3 heterocycles. The highest BCUT2D eigenvalue weighted by Gasteiger charge is 2.15. The zero-order valence-corrected chi connectivity index (χ0v) is 15.0. The molecule has 1 aromatic carbocycles. The number of piperazine rings is 1. The van der Waals surface area contributed by atoms with Crippen molar-refractivity contribution < 1.29 is 9.13 Å². The summed E-state index contributed by atoms with van der Waals surface area (Å²) in [7, 11) is 1.79. The number of ether oxygens (including phenoxy) is 1. The van der Waals surface area contributed by atoms with Crippen LogP contribution in [0.4, 0.5) is 10.2 Å². The fourth-order valence-electron chi connectivity index (χ4n) is 2.97. The number of nitrogens with one attached hydrogen (secondary N) is 1. The van der Waals surface area contributed by atoms with Crippen LogP contribution in [0.15, 0.2) is 36.4 Å². The number of aromatic nitrogens is 5. The molecule has 1 aliphatic heterocycles. The van der Waals surface area contributed by atoms with Crippen molar-refractivity contribution >= 4 is 5.82 Å². The average Bonchev–Trinajstić information content (AvgIpc) is 3.08. The summed E-state index contributed by atoms with van der Waals surface area (Å²) in [6.45, 7) is 3.95. The second-order valence-corrected chi connectivity index (χ2v) is 6.27. The molecule has 1 fully saturated rings. The van der Waals surface area contributed by atoms with E-state index in [0.717, 1.165) is 43.3 Å². The van der Waals surface area contributed by atoms with Gasteiger partial charge in [-0.25, -0.2) is 9.07 Å². The fraction of sp³-hybridized carbons (Fsp3) is 0.333. The van der Waals surface area contributed by atoms with Gasteiger partial charge < -0.3 is 15.0 Å². The summed E-state index contributed by atoms with van der Waals surface area (Å²) in [5, 5.41) is 19.9. The number of nitrogens with zero attached hydrogens (tertiary/aromatic N) is 6. The van der Waals surface area contributed by atoms with E-state index in [4.69, 9.17) is 4.74 Å². The van der Waals surface area contributed by atoms with Crippen LogP contribution in [0.2, 0.25) is 0 Å². The summed E-state index contributed by atoms with van der Waals surface area (Å²) in [4.78, 5) is 2.19. The smallest absolute Gasteiger partial charge is 0.233 e. The van der Waals surface area contributed by atoms with E-state index in [1.807, 2.05) is 12.1 Å². The molecule has 0 saturated carbocycles. The lowest BCUT2D eigenvalue weighted by atomic mass is 10.1. The molecular weight excluding hydrogens is 349 g/mol. The molecule has 4 rings (SSSR count). The quantitative estimate of drug-likeness (QED) is 0.728. The van der Waals surface area contributed by atoms with Gasteiger partial charge in [-0.15, -0.1) is 15.3 Å². The summed E-state index contributed by atoms with van der Waals surface area (Å²) in [5.41, 5.74) is 2.21. The Morgan fingerprint density at radius 1 is 1.04 bits per heavy atom. The molecule has 0 unspecified atom stereocenters. The van der Waals surface area contributed by atoms with Crippen LogP contribution < -0.4 is 15.0 Å². The van der Waals surface area contributed by atoms with Crippen LogP contribution >= 0.6 is 0 Å². The van der Waals surface area contributed by atoms with Gasteiger partial charge in [0, 0.05) is 44.9 Å². The minimum atomic E-state index is -0.291. The van der Waals surface area contributed by atoms with Gasteiger partial charge in [-0.1, -0.05) is 5.21 Å². The minimum Gasteiger partial charge on any atom is -0.470 e. The molecule has 1 N–H and O–H groups in total. The van der Waals surface area contributed by atoms with Crippen LogP contribution in [0.1, 0.15) is 5.69 Å². The van der Waals surface area contributed by atoms with Gasteiger partial charge in [-0.2, -0.15) is 0 Å². The first kappa shape index (κ1) is 17.3. The molecule has 3 aromatic rings. The number of halogens is 1. The largest absolute Gasteiger partial charge is 0.470 e. The van der Waals surface area contributed by atoms with Crippen molar-refractivity contribution in [3.05, 3.63) is 47.9 Å². The third-order valence-electron chi connectivity index (χ3n) is 4.48. The summed E-state index contributed by atoms with van der Waals surface area (Å²) in [6, 6.07) is 9.86. The van der Waals surface area contributed by atoms with Crippen molar-refractivity contribution in [2.24, 2.45) is 7.05 Å². The summed E-state index contributed by atoms with van der Waals surface area (Å²) < 4.78 is 20.6. The maximum atomic E-state index is 13.2. The van der Waals surface area contributed by atoms with Crippen LogP contribution in [0.5, 0.6) is 5.88 Å². The Morgan fingerprint density at radius 3 is 2.52 bits per heavy atom. The zero-order valence-electron chi connectivity index (χ0n) is 15.0. The number of anilines is 1. The molecule has 0 radical (unpaired) electrons. The molecule has 0 atom stereocenters. The van der Waals surface area contributed by atoms with Gasteiger partial charge in [0.2, 0.25) is 5.88 Å². The Balaban J connectivity index is 1.46. The predicted octanol–water partition coefficient (Wildman–Crippen LogP) is 1.40. The first-order valence-electron chi connectivity index (χ1n) is 8.77. The number of aryl methyl sites for hydroxylation is 1. The van der Waals surface area contributed by atoms with E-state index in [2.05, 4.69) is 30.7 Å². The average molecular weight is 369 g/mol. The molecule has 0 spiro atoms. The molecule has 0 bridgehead atoms. The van der Waals surface area contributed by atoms with Crippen molar-refractivity contribution in [1.82, 2.24) is 30.5 Å². The Morgan fingerprint density at radius 2 is 1.81 bits per heavy atom. The number of rotatable bonds is 5. The van der Waals surface area contributed by atoms with Crippen molar-refractivity contribution in [2.75, 3.05) is 31.1 Å². The van der Waals surface area contributed by atoms with Crippen LogP contribution in [0.25, 0.3) is 11.3 Å². The fourth-order valence-corrected chi connectivity index (χ4v) is 2.97. The third kappa shape index (κ3) is 3.87. The molecule has 0 amide bonds. The lowest BCUT2D eigenvalue weighted by molar-refractivity contribution is 0.280. The van der Waals surface area contributed by atoms with Gasteiger partial charge in [0.1, 0.15) is 23.8 Å². The van der Waals surface area contributed by atoms with Gasteiger partial charge in [0.25, 0.3) is 0 Å². The molecule has 0 aliphatic carbocycles. The van der Waals surface area contributed by atoms with E-state index in [-0.39, 0.29) is 12.4 Å². The van der Waals surface area contributed by atoms with Crippen molar-refractivity contribution in [3.8, 4) is 17.1 Å². The van der Waals surface area contributed by atoms with E-state index in [0.29, 0.717) is 11.6 Å². The minimum absolute atomic E-state index is 0.234. The summed E-state index contributed by atoms with van der Waals surface area (Å²) >= 11 is 0. The number of hydrogen-bond donors (Lipinski definition) is 1. The SMILES string of the molecule is Cn1nnc(-c2ccc(F)cc2)c1COc1ccc(N2CCNCC2)nn1. The standard InChI is InChI=1S/C18H20FN7O/c1-25-15(18(23-24-25)13-2-4-14(19)5-3-13)12-27-17-7-6-16(21-22-17)26-10-8-20-9-11-26/h2-7,20H,8-12H2,1H3. The van der Waals surface area contributed by atoms with Crippen LogP contribution in [-0.2, 0) is 13.7 Å². The Bertz CT molecular complexity index is 889. The van der Waals surface area contributed by atoms with E-state index < -0.39 is 0 Å². The molecule has 2 aromatic heterocycles. The first-order valence-corrected chi connectivity index (χ1v) is 8.77. The number of hydrogen-bond acceptors (Lipinski definition) is 7. The normalized spacial score (nSPS) is 14.4.